The third-order valence-corrected chi connectivity index (χ3v) is 7.77. The van der Waals surface area contributed by atoms with Gasteiger partial charge < -0.3 is 16.0 Å². The number of anilines is 2. The van der Waals surface area contributed by atoms with Crippen LogP contribution in [0.1, 0.15) is 21.5 Å². The van der Waals surface area contributed by atoms with Gasteiger partial charge in [-0.1, -0.05) is 91.0 Å². The molecule has 5 aromatic rings. The summed E-state index contributed by atoms with van der Waals surface area (Å²) in [5, 5.41) is 8.59. The van der Waals surface area contributed by atoms with E-state index < -0.39 is 5.91 Å². The molecule has 0 bridgehead atoms. The Labute approximate surface area is 261 Å². The number of para-hydroxylation sites is 1. The van der Waals surface area contributed by atoms with Crippen molar-refractivity contribution in [2.45, 2.75) is 11.8 Å². The van der Waals surface area contributed by atoms with Crippen molar-refractivity contribution >= 4 is 46.9 Å². The van der Waals surface area contributed by atoms with Crippen molar-refractivity contribution < 1.29 is 14.4 Å². The van der Waals surface area contributed by atoms with E-state index in [1.165, 1.54) is 11.8 Å². The van der Waals surface area contributed by atoms with Gasteiger partial charge in [-0.25, -0.2) is 0 Å². The van der Waals surface area contributed by atoms with Crippen LogP contribution in [0.25, 0.3) is 17.2 Å². The molecular formula is C37H31N3O3S. The number of carbonyl (C=O) groups excluding carboxylic acids is 3. The number of hydrogen-bond acceptors (Lipinski definition) is 4. The highest BCUT2D eigenvalue weighted by molar-refractivity contribution is 8.00. The molecule has 0 saturated heterocycles. The molecule has 0 spiro atoms. The van der Waals surface area contributed by atoms with E-state index in [2.05, 4.69) is 16.0 Å². The van der Waals surface area contributed by atoms with Crippen LogP contribution in [0.2, 0.25) is 0 Å². The predicted octanol–water partition coefficient (Wildman–Crippen LogP) is 7.80. The molecule has 0 fully saturated rings. The summed E-state index contributed by atoms with van der Waals surface area (Å²) in [6.45, 7) is 1.95. The minimum absolute atomic E-state index is 0.0950. The van der Waals surface area contributed by atoms with Gasteiger partial charge in [0.05, 0.1) is 5.75 Å². The van der Waals surface area contributed by atoms with Gasteiger partial charge in [0.2, 0.25) is 5.91 Å². The lowest BCUT2D eigenvalue weighted by Crippen LogP contribution is -2.30. The summed E-state index contributed by atoms with van der Waals surface area (Å²) in [5.41, 5.74) is 5.81. The summed E-state index contributed by atoms with van der Waals surface area (Å²) in [7, 11) is 0. The second-order valence-electron chi connectivity index (χ2n) is 10.00. The Balaban J connectivity index is 1.26. The van der Waals surface area contributed by atoms with Crippen molar-refractivity contribution in [2.24, 2.45) is 0 Å². The number of hydrogen-bond donors (Lipinski definition) is 3. The van der Waals surface area contributed by atoms with Crippen molar-refractivity contribution in [2.75, 3.05) is 16.4 Å². The normalized spacial score (nSPS) is 11.0. The van der Waals surface area contributed by atoms with Crippen LogP contribution in [-0.4, -0.2) is 23.5 Å². The lowest BCUT2D eigenvalue weighted by atomic mass is 10.0. The molecule has 0 aliphatic heterocycles. The van der Waals surface area contributed by atoms with E-state index in [0.717, 1.165) is 32.8 Å². The number of thioether (sulfide) groups is 1. The molecule has 218 valence electrons. The van der Waals surface area contributed by atoms with E-state index in [1.54, 1.807) is 42.5 Å². The first-order valence-corrected chi connectivity index (χ1v) is 15.1. The van der Waals surface area contributed by atoms with Gasteiger partial charge >= 0.3 is 0 Å². The van der Waals surface area contributed by atoms with Gasteiger partial charge in [-0.15, -0.1) is 11.8 Å². The molecule has 0 aliphatic rings. The third kappa shape index (κ3) is 8.33. The molecular weight excluding hydrogens is 566 g/mol. The zero-order valence-electron chi connectivity index (χ0n) is 24.1. The number of amides is 3. The first-order chi connectivity index (χ1) is 21.4. The smallest absolute Gasteiger partial charge is 0.272 e. The van der Waals surface area contributed by atoms with Crippen LogP contribution >= 0.6 is 11.8 Å². The Hall–Kier alpha value is -5.40. The summed E-state index contributed by atoms with van der Waals surface area (Å²) in [6, 6.07) is 41.4. The Morgan fingerprint density at radius 1 is 0.659 bits per heavy atom. The maximum Gasteiger partial charge on any atom is 0.272 e. The third-order valence-electron chi connectivity index (χ3n) is 6.76. The number of aryl methyl sites for hydroxylation is 1. The SMILES string of the molecule is Cc1ccccc1NC(=O)CSc1ccc(NC(=O)/C(=C/c2ccc(-c3ccccc3)cc2)NC(=O)c2ccccc2)cc1. The number of benzene rings is 5. The number of nitrogens with one attached hydrogen (secondary N) is 3. The molecule has 0 atom stereocenters. The van der Waals surface area contributed by atoms with Crippen LogP contribution in [0.15, 0.2) is 144 Å². The Bertz CT molecular complexity index is 1770. The maximum atomic E-state index is 13.4. The molecule has 3 N–H and O–H groups in total. The lowest BCUT2D eigenvalue weighted by Gasteiger charge is -2.12. The van der Waals surface area contributed by atoms with Crippen LogP contribution < -0.4 is 16.0 Å². The molecule has 5 aromatic carbocycles. The average molecular weight is 598 g/mol. The van der Waals surface area contributed by atoms with E-state index in [0.29, 0.717) is 11.3 Å². The van der Waals surface area contributed by atoms with Crippen molar-refractivity contribution in [1.29, 1.82) is 0 Å². The Morgan fingerprint density at radius 3 is 1.95 bits per heavy atom. The molecule has 0 heterocycles. The fourth-order valence-corrected chi connectivity index (χ4v) is 5.09. The molecule has 5 rings (SSSR count). The lowest BCUT2D eigenvalue weighted by molar-refractivity contribution is -0.114. The fraction of sp³-hybridized carbons (Fsp3) is 0.0541. The Kier molecular flexibility index (Phi) is 10.0. The van der Waals surface area contributed by atoms with E-state index >= 15 is 0 Å². The summed E-state index contributed by atoms with van der Waals surface area (Å²) in [4.78, 5) is 39.7. The van der Waals surface area contributed by atoms with Crippen molar-refractivity contribution in [3.05, 3.63) is 156 Å². The zero-order chi connectivity index (χ0) is 30.7. The molecule has 0 radical (unpaired) electrons. The molecule has 0 aliphatic carbocycles. The van der Waals surface area contributed by atoms with Gasteiger partial charge in [-0.05, 0) is 77.7 Å². The summed E-state index contributed by atoms with van der Waals surface area (Å²) in [5.74, 6) is -0.688. The first-order valence-electron chi connectivity index (χ1n) is 14.1. The van der Waals surface area contributed by atoms with Crippen LogP contribution in [0.3, 0.4) is 0 Å². The number of carbonyl (C=O) groups is 3. The summed E-state index contributed by atoms with van der Waals surface area (Å²) < 4.78 is 0. The van der Waals surface area contributed by atoms with E-state index in [9.17, 15) is 14.4 Å². The average Bonchev–Trinajstić information content (AvgIpc) is 3.06. The minimum atomic E-state index is -0.459. The summed E-state index contributed by atoms with van der Waals surface area (Å²) in [6.07, 6.45) is 1.65. The van der Waals surface area contributed by atoms with E-state index in [1.807, 2.05) is 104 Å². The van der Waals surface area contributed by atoms with Gasteiger partial charge in [0.15, 0.2) is 0 Å². The summed E-state index contributed by atoms with van der Waals surface area (Å²) >= 11 is 1.40. The molecule has 7 heteroatoms. The van der Waals surface area contributed by atoms with E-state index in [-0.39, 0.29) is 23.3 Å². The van der Waals surface area contributed by atoms with Crippen molar-refractivity contribution in [1.82, 2.24) is 5.32 Å². The van der Waals surface area contributed by atoms with Gasteiger partial charge in [-0.3, -0.25) is 14.4 Å². The molecule has 0 aromatic heterocycles. The topological polar surface area (TPSA) is 87.3 Å². The van der Waals surface area contributed by atoms with Crippen molar-refractivity contribution in [3.63, 3.8) is 0 Å². The standard InChI is InChI=1S/C37H31N3O3S/c1-26-10-8-9-15-33(26)39-35(41)25-44-32-22-20-31(21-23-32)38-37(43)34(40-36(42)30-13-6-3-7-14-30)24-27-16-18-29(19-17-27)28-11-4-2-5-12-28/h2-24H,25H2,1H3,(H,38,43)(H,39,41)(H,40,42)/b34-24-. The first kappa shape index (κ1) is 30.1. The van der Waals surface area contributed by atoms with Gasteiger partial charge in [0.1, 0.15) is 5.70 Å². The Morgan fingerprint density at radius 2 is 1.27 bits per heavy atom. The molecule has 6 nitrogen and oxygen atoms in total. The highest BCUT2D eigenvalue weighted by atomic mass is 32.2. The zero-order valence-corrected chi connectivity index (χ0v) is 24.9. The monoisotopic (exact) mass is 597 g/mol. The van der Waals surface area contributed by atoms with E-state index in [4.69, 9.17) is 0 Å². The van der Waals surface area contributed by atoms with Crippen LogP contribution in [0.5, 0.6) is 0 Å². The highest BCUT2D eigenvalue weighted by Gasteiger charge is 2.15. The number of rotatable bonds is 10. The second kappa shape index (κ2) is 14.7. The van der Waals surface area contributed by atoms with Crippen LogP contribution in [0, 0.1) is 6.92 Å². The van der Waals surface area contributed by atoms with Gasteiger partial charge in [0, 0.05) is 21.8 Å². The minimum Gasteiger partial charge on any atom is -0.325 e. The van der Waals surface area contributed by atoms with Crippen molar-refractivity contribution in [3.8, 4) is 11.1 Å². The molecule has 44 heavy (non-hydrogen) atoms. The van der Waals surface area contributed by atoms with Crippen LogP contribution in [-0.2, 0) is 9.59 Å². The quantitative estimate of drug-likeness (QED) is 0.113. The van der Waals surface area contributed by atoms with Gasteiger partial charge in [0.25, 0.3) is 11.8 Å². The predicted molar refractivity (Wildman–Crippen MR) is 179 cm³/mol. The molecule has 0 unspecified atom stereocenters. The second-order valence-corrected chi connectivity index (χ2v) is 11.0. The fourth-order valence-electron chi connectivity index (χ4n) is 4.39. The largest absolute Gasteiger partial charge is 0.325 e. The van der Waals surface area contributed by atoms with Crippen LogP contribution in [0.4, 0.5) is 11.4 Å². The molecule has 0 saturated carbocycles. The highest BCUT2D eigenvalue weighted by Crippen LogP contribution is 2.23. The van der Waals surface area contributed by atoms with Gasteiger partial charge in [-0.2, -0.15) is 0 Å². The maximum absolute atomic E-state index is 13.4. The molecule has 3 amide bonds.